The number of hydrogen-bond acceptors (Lipinski definition) is 6. The molecule has 2 aromatic carbocycles. The number of nitrogens with one attached hydrogen (secondary N) is 1. The number of carbonyl (C=O) groups is 2. The van der Waals surface area contributed by atoms with Crippen LogP contribution in [0.4, 0.5) is 10.5 Å². The highest BCUT2D eigenvalue weighted by molar-refractivity contribution is 6.32. The molecule has 204 valence electrons. The summed E-state index contributed by atoms with van der Waals surface area (Å²) < 4.78 is 5.70. The number of aryl methyl sites for hydroxylation is 1. The number of aliphatic imine (C=N–C) groups is 1. The average molecular weight is 549 g/mol. The predicted octanol–water partition coefficient (Wildman–Crippen LogP) is 6.43. The summed E-state index contributed by atoms with van der Waals surface area (Å²) in [5, 5.41) is 11.9. The van der Waals surface area contributed by atoms with Crippen LogP contribution in [0.25, 0.3) is 0 Å². The van der Waals surface area contributed by atoms with Gasteiger partial charge in [0.2, 0.25) is 18.2 Å². The molecule has 9 nitrogen and oxygen atoms in total. The summed E-state index contributed by atoms with van der Waals surface area (Å²) in [6.07, 6.45) is 2.01. The van der Waals surface area contributed by atoms with E-state index in [4.69, 9.17) is 21.6 Å². The van der Waals surface area contributed by atoms with Crippen LogP contribution in [-0.4, -0.2) is 46.3 Å². The number of pyridine rings is 1. The third-order valence-electron chi connectivity index (χ3n) is 5.42. The summed E-state index contributed by atoms with van der Waals surface area (Å²) in [5.41, 5.74) is 2.76. The smallest absolute Gasteiger partial charge is 0.324 e. The third kappa shape index (κ3) is 9.13. The van der Waals surface area contributed by atoms with Crippen molar-refractivity contribution >= 4 is 35.7 Å². The van der Waals surface area contributed by atoms with Crippen molar-refractivity contribution in [2.45, 2.75) is 47.2 Å². The summed E-state index contributed by atoms with van der Waals surface area (Å²) in [7, 11) is 1.66. The number of aromatic nitrogens is 1. The Morgan fingerprint density at radius 1 is 1.18 bits per heavy atom. The van der Waals surface area contributed by atoms with Crippen molar-refractivity contribution in [2.24, 2.45) is 4.99 Å². The fourth-order valence-corrected chi connectivity index (χ4v) is 3.23. The minimum absolute atomic E-state index is 0.0477. The van der Waals surface area contributed by atoms with E-state index in [9.17, 15) is 9.59 Å². The van der Waals surface area contributed by atoms with Crippen LogP contribution >= 0.6 is 11.6 Å². The molecule has 3 amide bonds. The molecule has 0 bridgehead atoms. The zero-order chi connectivity index (χ0) is 28.9. The number of nitriles is 1. The maximum atomic E-state index is 12.8. The molecule has 0 unspecified atom stereocenters. The number of carbonyl (C=O) groups excluding carboxylic acids is 2. The number of amides is 3. The van der Waals surface area contributed by atoms with Crippen molar-refractivity contribution in [2.75, 3.05) is 7.05 Å². The fourth-order valence-electron chi connectivity index (χ4n) is 3.02. The first-order chi connectivity index (χ1) is 18.7. The van der Waals surface area contributed by atoms with Gasteiger partial charge in [0.25, 0.3) is 0 Å². The number of benzene rings is 2. The van der Waals surface area contributed by atoms with E-state index in [0.717, 1.165) is 11.1 Å². The largest absolute Gasteiger partial charge is 0.437 e. The summed E-state index contributed by atoms with van der Waals surface area (Å²) in [6.45, 7) is 9.93. The summed E-state index contributed by atoms with van der Waals surface area (Å²) in [6, 6.07) is 17.2. The highest BCUT2D eigenvalue weighted by atomic mass is 35.5. The molecule has 10 heteroatoms. The minimum Gasteiger partial charge on any atom is -0.437 e. The van der Waals surface area contributed by atoms with E-state index in [0.29, 0.717) is 23.4 Å². The van der Waals surface area contributed by atoms with E-state index in [-0.39, 0.29) is 29.4 Å². The van der Waals surface area contributed by atoms with Crippen molar-refractivity contribution in [3.63, 3.8) is 0 Å². The number of ether oxygens (including phenoxy) is 1. The first kappa shape index (κ1) is 30.8. The zero-order valence-electron chi connectivity index (χ0n) is 23.0. The molecule has 1 heterocycles. The second-order valence-corrected chi connectivity index (χ2v) is 8.91. The van der Waals surface area contributed by atoms with Gasteiger partial charge in [-0.15, -0.1) is 0 Å². The highest BCUT2D eigenvalue weighted by Crippen LogP contribution is 2.32. The van der Waals surface area contributed by atoms with E-state index < -0.39 is 6.03 Å². The molecular formula is C29H33ClN6O3. The van der Waals surface area contributed by atoms with E-state index in [1.807, 2.05) is 65.0 Å². The molecule has 1 N–H and O–H groups in total. The van der Waals surface area contributed by atoms with E-state index in [2.05, 4.69) is 15.3 Å². The monoisotopic (exact) mass is 548 g/mol. The Morgan fingerprint density at radius 3 is 2.41 bits per heavy atom. The first-order valence-corrected chi connectivity index (χ1v) is 12.8. The molecule has 0 aliphatic heterocycles. The predicted molar refractivity (Wildman–Crippen MR) is 153 cm³/mol. The molecule has 0 saturated carbocycles. The lowest BCUT2D eigenvalue weighted by Gasteiger charge is -2.25. The Hall–Kier alpha value is -4.42. The number of urea groups is 1. The second kappa shape index (κ2) is 15.1. The molecule has 0 spiro atoms. The van der Waals surface area contributed by atoms with Gasteiger partial charge in [-0.25, -0.2) is 14.8 Å². The van der Waals surface area contributed by atoms with Gasteiger partial charge in [-0.3, -0.25) is 15.0 Å². The molecule has 0 fully saturated rings. The van der Waals surface area contributed by atoms with Gasteiger partial charge >= 0.3 is 6.03 Å². The lowest BCUT2D eigenvalue weighted by atomic mass is 10.1. The third-order valence-corrected chi connectivity index (χ3v) is 5.71. The average Bonchev–Trinajstić information content (AvgIpc) is 2.94. The van der Waals surface area contributed by atoms with Gasteiger partial charge in [-0.05, 0) is 50.6 Å². The minimum atomic E-state index is -0.414. The summed E-state index contributed by atoms with van der Waals surface area (Å²) >= 11 is 6.42. The van der Waals surface area contributed by atoms with Crippen molar-refractivity contribution in [1.82, 2.24) is 20.1 Å². The van der Waals surface area contributed by atoms with Gasteiger partial charge in [-0.1, -0.05) is 55.3 Å². The van der Waals surface area contributed by atoms with Crippen LogP contribution in [0.2, 0.25) is 5.02 Å². The van der Waals surface area contributed by atoms with Crippen molar-refractivity contribution in [3.8, 4) is 17.7 Å². The maximum absolute atomic E-state index is 12.8. The van der Waals surface area contributed by atoms with Crippen molar-refractivity contribution in [3.05, 3.63) is 82.5 Å². The molecule has 0 atom stereocenters. The molecule has 3 aromatic rings. The molecule has 1 aromatic heterocycles. The molecule has 39 heavy (non-hydrogen) atoms. The number of guanidine groups is 1. The first-order valence-electron chi connectivity index (χ1n) is 12.4. The molecule has 0 aliphatic rings. The Bertz CT molecular complexity index is 1320. The number of nitrogens with zero attached hydrogens (tertiary/aromatic N) is 5. The summed E-state index contributed by atoms with van der Waals surface area (Å²) in [4.78, 5) is 36.3. The number of halogens is 1. The lowest BCUT2D eigenvalue weighted by molar-refractivity contribution is -0.115. The van der Waals surface area contributed by atoms with E-state index in [1.54, 1.807) is 37.4 Å². The van der Waals surface area contributed by atoms with Crippen LogP contribution in [0.1, 0.15) is 44.4 Å². The quantitative estimate of drug-likeness (QED) is 0.208. The van der Waals surface area contributed by atoms with Crippen molar-refractivity contribution in [1.29, 1.82) is 5.26 Å². The van der Waals surface area contributed by atoms with Crippen LogP contribution in [0.15, 0.2) is 65.8 Å². The Morgan fingerprint density at radius 2 is 1.87 bits per heavy atom. The molecule has 0 aliphatic carbocycles. The Balaban J connectivity index is 0.00000260. The molecule has 3 rings (SSSR count). The molecule has 0 radical (unpaired) electrons. The fraction of sp³-hybridized carbons (Fsp3) is 0.276. The van der Waals surface area contributed by atoms with Crippen molar-refractivity contribution < 1.29 is 14.3 Å². The number of hydrogen-bond donors (Lipinski definition) is 1. The topological polar surface area (TPSA) is 111 Å². The van der Waals surface area contributed by atoms with Gasteiger partial charge < -0.3 is 9.64 Å². The Labute approximate surface area is 234 Å². The number of rotatable bonds is 7. The van der Waals surface area contributed by atoms with Crippen LogP contribution in [-0.2, 0) is 11.3 Å². The van der Waals surface area contributed by atoms with Gasteiger partial charge in [0.05, 0.1) is 22.8 Å². The van der Waals surface area contributed by atoms with Crippen LogP contribution in [0.3, 0.4) is 0 Å². The maximum Gasteiger partial charge on any atom is 0.324 e. The zero-order valence-corrected chi connectivity index (χ0v) is 23.7. The van der Waals surface area contributed by atoms with E-state index >= 15 is 0 Å². The SMILES string of the molecule is CC.Cc1ccc(CN(C=O)C(=Nc2ccc(Oc3ccc(C#N)cn3)c(Cl)c2)NC(=O)N(C)C(C)C)cc1. The van der Waals surface area contributed by atoms with Gasteiger partial charge in [0.1, 0.15) is 11.8 Å². The second-order valence-electron chi connectivity index (χ2n) is 8.50. The highest BCUT2D eigenvalue weighted by Gasteiger charge is 2.19. The standard InChI is InChI=1S/C27H27ClN6O3.C2H6/c1-18(2)33(4)27(36)32-26(34(17-35)16-20-7-5-19(3)6-8-20)31-22-10-11-24(23(28)13-22)37-25-12-9-21(14-29)15-30-25;1-2/h5-13,15,17-18H,16H2,1-4H3,(H,31,32,36);1-2H3. The molecule has 0 saturated heterocycles. The van der Waals surface area contributed by atoms with Crippen LogP contribution in [0, 0.1) is 18.3 Å². The van der Waals surface area contributed by atoms with Crippen LogP contribution < -0.4 is 10.1 Å². The lowest BCUT2D eigenvalue weighted by Crippen LogP contribution is -2.49. The summed E-state index contributed by atoms with van der Waals surface area (Å²) in [5.74, 6) is 0.647. The van der Waals surface area contributed by atoms with Gasteiger partial charge in [0, 0.05) is 25.4 Å². The van der Waals surface area contributed by atoms with Gasteiger partial charge in [-0.2, -0.15) is 5.26 Å². The Kier molecular flexibility index (Phi) is 11.9. The normalized spacial score (nSPS) is 10.6. The van der Waals surface area contributed by atoms with Gasteiger partial charge in [0.15, 0.2) is 0 Å². The molecular weight excluding hydrogens is 516 g/mol. The van der Waals surface area contributed by atoms with E-state index in [1.165, 1.54) is 16.0 Å². The van der Waals surface area contributed by atoms with Crippen LogP contribution in [0.5, 0.6) is 11.6 Å².